The Hall–Kier alpha value is -3.04. The number of hydrogen-bond donors (Lipinski definition) is 3. The maximum atomic E-state index is 12.0. The topological polar surface area (TPSA) is 156 Å². The summed E-state index contributed by atoms with van der Waals surface area (Å²) in [6.07, 6.45) is 1.53. The standard InChI is InChI=1S/C24H34N6O7S2/c1-13(38)25-9-7-5-6-8-10-26-24-28-21-18(22(39)29-24)27-12-30(21)23-20(36-16(4)33)19(35-15(3)32)17(37-23)11-34-14(2)31/h12,17,19-20,23H,5-11H2,1-4H3,(H,25,38)(H2,26,28,29,39)/t17-,19+,20?,23-/m1/s1. The summed E-state index contributed by atoms with van der Waals surface area (Å²) in [5.74, 6) is -1.41. The van der Waals surface area contributed by atoms with E-state index in [1.165, 1.54) is 27.1 Å². The zero-order valence-corrected chi connectivity index (χ0v) is 24.0. The van der Waals surface area contributed by atoms with Crippen LogP contribution in [0, 0.1) is 0 Å². The second-order valence-corrected chi connectivity index (χ2v) is 10.1. The highest BCUT2D eigenvalue weighted by atomic mass is 32.1. The Bertz CT molecular complexity index is 1190. The second-order valence-electron chi connectivity index (χ2n) is 9.03. The van der Waals surface area contributed by atoms with Crippen LogP contribution in [-0.4, -0.2) is 80.4 Å². The first-order valence-corrected chi connectivity index (χ1v) is 13.5. The predicted octanol–water partition coefficient (Wildman–Crippen LogP) is 2.35. The monoisotopic (exact) mass is 582 g/mol. The van der Waals surface area contributed by atoms with Gasteiger partial charge in [0.05, 0.1) is 11.3 Å². The molecule has 4 atom stereocenters. The molecular weight excluding hydrogens is 548 g/mol. The lowest BCUT2D eigenvalue weighted by Crippen LogP contribution is -2.40. The Morgan fingerprint density at radius 3 is 2.31 bits per heavy atom. The number of hydrogen-bond acceptors (Lipinski definition) is 13. The summed E-state index contributed by atoms with van der Waals surface area (Å²) in [7, 11) is 0. The minimum atomic E-state index is -1.06. The molecule has 13 nitrogen and oxygen atoms in total. The van der Waals surface area contributed by atoms with Gasteiger partial charge in [0.25, 0.3) is 0 Å². The summed E-state index contributed by atoms with van der Waals surface area (Å²) >= 11 is 9.48. The van der Waals surface area contributed by atoms with Crippen molar-refractivity contribution < 1.29 is 33.3 Å². The van der Waals surface area contributed by atoms with E-state index in [1.54, 1.807) is 4.57 Å². The third-order valence-electron chi connectivity index (χ3n) is 5.78. The molecule has 3 rings (SSSR count). The number of esters is 3. The van der Waals surface area contributed by atoms with Crippen molar-refractivity contribution >= 4 is 64.9 Å². The molecular formula is C24H34N6O7S2. The molecule has 0 amide bonds. The number of unbranched alkanes of at least 4 members (excludes halogenated alkanes) is 3. The third kappa shape index (κ3) is 8.73. The lowest BCUT2D eigenvalue weighted by Gasteiger charge is -2.23. The fraction of sp³-hybridized carbons (Fsp3) is 0.625. The van der Waals surface area contributed by atoms with Crippen LogP contribution in [0.5, 0.6) is 0 Å². The van der Waals surface area contributed by atoms with E-state index in [1.807, 2.05) is 6.92 Å². The van der Waals surface area contributed by atoms with Crippen LogP contribution in [0.15, 0.2) is 11.4 Å². The van der Waals surface area contributed by atoms with Crippen molar-refractivity contribution in [2.45, 2.75) is 82.9 Å². The molecule has 0 spiro atoms. The van der Waals surface area contributed by atoms with Crippen molar-refractivity contribution in [1.29, 1.82) is 0 Å². The average molecular weight is 583 g/mol. The first-order valence-electron chi connectivity index (χ1n) is 12.6. The molecule has 1 fully saturated rings. The number of rotatable bonds is 13. The summed E-state index contributed by atoms with van der Waals surface area (Å²) in [5, 5.41) is 6.70. The van der Waals surface area contributed by atoms with Crippen molar-refractivity contribution in [1.82, 2.24) is 24.8 Å². The zero-order valence-electron chi connectivity index (χ0n) is 22.3. The molecule has 0 bridgehead atoms. The van der Waals surface area contributed by atoms with E-state index >= 15 is 0 Å². The number of thiocarbonyl (C=S) groups is 1. The van der Waals surface area contributed by atoms with Crippen LogP contribution in [0.4, 0.5) is 5.95 Å². The Labute approximate surface area is 237 Å². The van der Waals surface area contributed by atoms with Gasteiger partial charge in [0.2, 0.25) is 5.95 Å². The van der Waals surface area contributed by atoms with Gasteiger partial charge in [-0.1, -0.05) is 25.1 Å². The summed E-state index contributed by atoms with van der Waals surface area (Å²) in [6.45, 7) is 6.89. The molecule has 3 heterocycles. The highest BCUT2D eigenvalue weighted by Crippen LogP contribution is 2.36. The lowest BCUT2D eigenvalue weighted by atomic mass is 10.1. The molecule has 15 heteroatoms. The van der Waals surface area contributed by atoms with Crippen molar-refractivity contribution in [3.05, 3.63) is 6.33 Å². The normalized spacial score (nSPS) is 20.4. The number of aromatic nitrogens is 4. The van der Waals surface area contributed by atoms with E-state index in [2.05, 4.69) is 38.2 Å². The van der Waals surface area contributed by atoms with Crippen LogP contribution in [0.25, 0.3) is 11.2 Å². The number of fused-ring (bicyclic) bond motifs is 1. The molecule has 1 aliphatic rings. The van der Waals surface area contributed by atoms with E-state index < -0.39 is 42.4 Å². The highest BCUT2D eigenvalue weighted by Gasteiger charge is 2.51. The van der Waals surface area contributed by atoms with Gasteiger partial charge < -0.3 is 29.6 Å². The van der Waals surface area contributed by atoms with Crippen LogP contribution in [0.3, 0.4) is 0 Å². The fourth-order valence-electron chi connectivity index (χ4n) is 4.15. The largest absolute Gasteiger partial charge is 0.463 e. The van der Waals surface area contributed by atoms with E-state index in [-0.39, 0.29) is 6.61 Å². The van der Waals surface area contributed by atoms with Gasteiger partial charge in [0.1, 0.15) is 23.3 Å². The zero-order chi connectivity index (χ0) is 28.5. The number of thiol groups is 1. The number of carbonyl (C=O) groups excluding carboxylic acids is 3. The summed E-state index contributed by atoms with van der Waals surface area (Å²) in [6, 6.07) is 0. The van der Waals surface area contributed by atoms with Gasteiger partial charge in [-0.25, -0.2) is 9.97 Å². The fourth-order valence-corrected chi connectivity index (χ4v) is 4.51. The van der Waals surface area contributed by atoms with Crippen LogP contribution in [0.2, 0.25) is 0 Å². The molecule has 0 saturated carbocycles. The molecule has 39 heavy (non-hydrogen) atoms. The van der Waals surface area contributed by atoms with Crippen LogP contribution >= 0.6 is 24.8 Å². The first kappa shape index (κ1) is 30.5. The SMILES string of the molecule is CC(=O)OC[C@H]1O[C@@H](n2cnc3c(S)nc(NCCCCCCNC(C)=S)nc32)C(OC(C)=O)[C@H]1OC(C)=O. The third-order valence-corrected chi connectivity index (χ3v) is 6.23. The lowest BCUT2D eigenvalue weighted by molar-refractivity contribution is -0.166. The maximum Gasteiger partial charge on any atom is 0.303 e. The van der Waals surface area contributed by atoms with Crippen molar-refractivity contribution in [3.8, 4) is 0 Å². The van der Waals surface area contributed by atoms with Gasteiger partial charge in [0, 0.05) is 33.9 Å². The van der Waals surface area contributed by atoms with Crippen molar-refractivity contribution in [3.63, 3.8) is 0 Å². The van der Waals surface area contributed by atoms with Crippen LogP contribution in [-0.2, 0) is 33.3 Å². The predicted molar refractivity (Wildman–Crippen MR) is 147 cm³/mol. The van der Waals surface area contributed by atoms with Gasteiger partial charge in [-0.2, -0.15) is 4.98 Å². The number of nitrogens with zero attached hydrogens (tertiary/aromatic N) is 4. The number of carbonyl (C=O) groups is 3. The number of imidazole rings is 1. The highest BCUT2D eigenvalue weighted by molar-refractivity contribution is 7.80. The maximum absolute atomic E-state index is 12.0. The van der Waals surface area contributed by atoms with Gasteiger partial charge >= 0.3 is 17.9 Å². The molecule has 1 unspecified atom stereocenters. The van der Waals surface area contributed by atoms with E-state index in [0.717, 1.165) is 37.2 Å². The average Bonchev–Trinajstić information content (AvgIpc) is 3.40. The molecule has 2 aromatic rings. The van der Waals surface area contributed by atoms with E-state index in [4.69, 9.17) is 31.2 Å². The molecule has 1 aliphatic heterocycles. The Balaban J connectivity index is 1.78. The minimum Gasteiger partial charge on any atom is -0.463 e. The molecule has 214 valence electrons. The van der Waals surface area contributed by atoms with Crippen molar-refractivity contribution in [2.24, 2.45) is 0 Å². The molecule has 0 radical (unpaired) electrons. The van der Waals surface area contributed by atoms with Crippen LogP contribution < -0.4 is 10.6 Å². The molecule has 2 N–H and O–H groups in total. The number of ether oxygens (including phenoxy) is 4. The molecule has 2 aromatic heterocycles. The van der Waals surface area contributed by atoms with Crippen LogP contribution in [0.1, 0.15) is 59.6 Å². The summed E-state index contributed by atoms with van der Waals surface area (Å²) < 4.78 is 23.7. The summed E-state index contributed by atoms with van der Waals surface area (Å²) in [4.78, 5) is 49.4. The van der Waals surface area contributed by atoms with Crippen molar-refractivity contribution in [2.75, 3.05) is 25.0 Å². The van der Waals surface area contributed by atoms with Gasteiger partial charge in [0.15, 0.2) is 24.1 Å². The molecule has 0 aromatic carbocycles. The summed E-state index contributed by atoms with van der Waals surface area (Å²) in [5.41, 5.74) is 0.777. The Morgan fingerprint density at radius 2 is 1.67 bits per heavy atom. The smallest absolute Gasteiger partial charge is 0.303 e. The number of nitrogens with one attached hydrogen (secondary N) is 2. The second kappa shape index (κ2) is 14.4. The van der Waals surface area contributed by atoms with Gasteiger partial charge in [-0.15, -0.1) is 12.6 Å². The Morgan fingerprint density at radius 1 is 1.00 bits per heavy atom. The van der Waals surface area contributed by atoms with E-state index in [0.29, 0.717) is 28.7 Å². The minimum absolute atomic E-state index is 0.213. The number of anilines is 1. The molecule has 0 aliphatic carbocycles. The quantitative estimate of drug-likeness (QED) is 0.0791. The van der Waals surface area contributed by atoms with E-state index in [9.17, 15) is 14.4 Å². The Kier molecular flexibility index (Phi) is 11.2. The molecule has 1 saturated heterocycles. The van der Waals surface area contributed by atoms with Gasteiger partial charge in [-0.3, -0.25) is 19.0 Å². The first-order chi connectivity index (χ1) is 18.6. The van der Waals surface area contributed by atoms with Gasteiger partial charge in [-0.05, 0) is 19.8 Å².